The van der Waals surface area contributed by atoms with Crippen LogP contribution in [0.5, 0.6) is 5.75 Å². The second kappa shape index (κ2) is 7.79. The van der Waals surface area contributed by atoms with E-state index < -0.39 is 0 Å². The molecule has 1 aromatic rings. The molecule has 0 atom stereocenters. The Hall–Kier alpha value is -1.55. The Balaban J connectivity index is 2.93. The van der Waals surface area contributed by atoms with Gasteiger partial charge in [0.05, 0.1) is 6.20 Å². The molecule has 0 aromatic carbocycles. The van der Waals surface area contributed by atoms with E-state index in [1.807, 2.05) is 4.57 Å². The van der Waals surface area contributed by atoms with Gasteiger partial charge in [-0.05, 0) is 19.5 Å². The smallest absolute Gasteiger partial charge is 0.223 e. The average molecular weight is 264 g/mol. The summed E-state index contributed by atoms with van der Waals surface area (Å²) in [6.45, 7) is 11.3. The van der Waals surface area contributed by atoms with Crippen LogP contribution >= 0.6 is 0 Å². The number of allylic oxidation sites excluding steroid dienone is 1. The van der Waals surface area contributed by atoms with E-state index in [4.69, 9.17) is 0 Å². The standard InChI is InChI=1S/C15H24N2O2/c1-4-7-9-16(6-3)11-13-10-14(18)15(19)12-17(13)8-5-2/h5,10,12,19H,2,4,6-9,11H2,1,3H3. The zero-order valence-electron chi connectivity index (χ0n) is 11.9. The zero-order chi connectivity index (χ0) is 14.3. The van der Waals surface area contributed by atoms with Crippen LogP contribution in [0.25, 0.3) is 0 Å². The van der Waals surface area contributed by atoms with Crippen molar-refractivity contribution in [3.8, 4) is 5.75 Å². The summed E-state index contributed by atoms with van der Waals surface area (Å²) >= 11 is 0. The van der Waals surface area contributed by atoms with E-state index in [9.17, 15) is 9.90 Å². The number of aromatic nitrogens is 1. The number of hydrogen-bond acceptors (Lipinski definition) is 3. The third-order valence-corrected chi connectivity index (χ3v) is 3.18. The molecule has 1 N–H and O–H groups in total. The van der Waals surface area contributed by atoms with Gasteiger partial charge in [-0.25, -0.2) is 0 Å². The Labute approximate surface area is 115 Å². The first-order valence-electron chi connectivity index (χ1n) is 6.87. The van der Waals surface area contributed by atoms with Gasteiger partial charge in [-0.2, -0.15) is 0 Å². The van der Waals surface area contributed by atoms with E-state index in [2.05, 4.69) is 25.3 Å². The molecule has 0 bridgehead atoms. The van der Waals surface area contributed by atoms with Crippen LogP contribution < -0.4 is 5.43 Å². The minimum atomic E-state index is -0.318. The molecular formula is C15H24N2O2. The lowest BCUT2D eigenvalue weighted by molar-refractivity contribution is 0.267. The first-order valence-corrected chi connectivity index (χ1v) is 6.87. The maximum atomic E-state index is 11.6. The summed E-state index contributed by atoms with van der Waals surface area (Å²) in [5.74, 6) is -0.206. The van der Waals surface area contributed by atoms with Gasteiger partial charge in [-0.3, -0.25) is 9.69 Å². The fraction of sp³-hybridized carbons (Fsp3) is 0.533. The van der Waals surface area contributed by atoms with Gasteiger partial charge >= 0.3 is 0 Å². The Morgan fingerprint density at radius 1 is 1.47 bits per heavy atom. The van der Waals surface area contributed by atoms with Crippen molar-refractivity contribution < 1.29 is 5.11 Å². The highest BCUT2D eigenvalue weighted by atomic mass is 16.3. The van der Waals surface area contributed by atoms with Crippen molar-refractivity contribution in [2.45, 2.75) is 39.8 Å². The molecule has 1 aromatic heterocycles. The van der Waals surface area contributed by atoms with Crippen molar-refractivity contribution in [2.24, 2.45) is 0 Å². The molecule has 106 valence electrons. The molecule has 0 saturated carbocycles. The van der Waals surface area contributed by atoms with Crippen molar-refractivity contribution in [1.82, 2.24) is 9.47 Å². The largest absolute Gasteiger partial charge is 0.503 e. The van der Waals surface area contributed by atoms with Crippen LogP contribution in [0.3, 0.4) is 0 Å². The maximum absolute atomic E-state index is 11.6. The molecule has 1 heterocycles. The molecule has 0 fully saturated rings. The molecule has 0 saturated heterocycles. The highest BCUT2D eigenvalue weighted by molar-refractivity contribution is 5.20. The van der Waals surface area contributed by atoms with Gasteiger partial charge in [0.2, 0.25) is 5.43 Å². The topological polar surface area (TPSA) is 45.5 Å². The van der Waals surface area contributed by atoms with E-state index in [0.29, 0.717) is 6.54 Å². The number of pyridine rings is 1. The molecular weight excluding hydrogens is 240 g/mol. The second-order valence-corrected chi connectivity index (χ2v) is 4.68. The Kier molecular flexibility index (Phi) is 6.36. The number of aromatic hydroxyl groups is 1. The van der Waals surface area contributed by atoms with Gasteiger partial charge in [-0.15, -0.1) is 6.58 Å². The summed E-state index contributed by atoms with van der Waals surface area (Å²) in [4.78, 5) is 13.9. The second-order valence-electron chi connectivity index (χ2n) is 4.68. The predicted molar refractivity (Wildman–Crippen MR) is 78.4 cm³/mol. The van der Waals surface area contributed by atoms with E-state index in [0.717, 1.165) is 38.2 Å². The summed E-state index contributed by atoms with van der Waals surface area (Å²) < 4.78 is 1.87. The predicted octanol–water partition coefficient (Wildman–Crippen LogP) is 2.36. The van der Waals surface area contributed by atoms with Gasteiger partial charge in [0.1, 0.15) is 0 Å². The number of rotatable bonds is 8. The minimum absolute atomic E-state index is 0.206. The van der Waals surface area contributed by atoms with Crippen LogP contribution in [-0.2, 0) is 13.1 Å². The molecule has 0 aliphatic carbocycles. The molecule has 0 aliphatic rings. The van der Waals surface area contributed by atoms with Crippen molar-refractivity contribution >= 4 is 0 Å². The van der Waals surface area contributed by atoms with Crippen LogP contribution in [0.15, 0.2) is 29.7 Å². The van der Waals surface area contributed by atoms with Gasteiger partial charge in [-0.1, -0.05) is 26.3 Å². The minimum Gasteiger partial charge on any atom is -0.503 e. The third kappa shape index (κ3) is 4.56. The summed E-state index contributed by atoms with van der Waals surface area (Å²) in [6, 6.07) is 1.52. The van der Waals surface area contributed by atoms with Crippen LogP contribution in [0, 0.1) is 0 Å². The number of hydrogen-bond donors (Lipinski definition) is 1. The van der Waals surface area contributed by atoms with E-state index >= 15 is 0 Å². The van der Waals surface area contributed by atoms with Crippen LogP contribution in [0.4, 0.5) is 0 Å². The summed E-state index contributed by atoms with van der Waals surface area (Å²) in [7, 11) is 0. The van der Waals surface area contributed by atoms with Crippen molar-refractivity contribution in [1.29, 1.82) is 0 Å². The Morgan fingerprint density at radius 2 is 2.21 bits per heavy atom. The molecule has 0 unspecified atom stereocenters. The summed E-state index contributed by atoms with van der Waals surface area (Å²) in [5.41, 5.74) is 0.600. The fourth-order valence-corrected chi connectivity index (χ4v) is 2.01. The van der Waals surface area contributed by atoms with Crippen LogP contribution in [0.2, 0.25) is 0 Å². The average Bonchev–Trinajstić information content (AvgIpc) is 2.40. The van der Waals surface area contributed by atoms with Gasteiger partial charge in [0.25, 0.3) is 0 Å². The molecule has 1 rings (SSSR count). The van der Waals surface area contributed by atoms with Gasteiger partial charge < -0.3 is 9.67 Å². The maximum Gasteiger partial charge on any atom is 0.223 e. The molecule has 0 spiro atoms. The van der Waals surface area contributed by atoms with E-state index in [1.54, 1.807) is 6.08 Å². The molecule has 0 aliphatic heterocycles. The van der Waals surface area contributed by atoms with Gasteiger partial charge in [0.15, 0.2) is 5.75 Å². The summed E-state index contributed by atoms with van der Waals surface area (Å²) in [5, 5.41) is 9.50. The molecule has 0 amide bonds. The molecule has 0 radical (unpaired) electrons. The van der Waals surface area contributed by atoms with Crippen LogP contribution in [-0.4, -0.2) is 27.7 Å². The molecule has 4 heteroatoms. The summed E-state index contributed by atoms with van der Waals surface area (Å²) in [6.07, 6.45) is 5.56. The lowest BCUT2D eigenvalue weighted by Crippen LogP contribution is -2.27. The van der Waals surface area contributed by atoms with Gasteiger partial charge in [0, 0.05) is 24.8 Å². The monoisotopic (exact) mass is 264 g/mol. The highest BCUT2D eigenvalue weighted by Crippen LogP contribution is 2.09. The highest BCUT2D eigenvalue weighted by Gasteiger charge is 2.09. The number of unbranched alkanes of at least 4 members (excludes halogenated alkanes) is 1. The lowest BCUT2D eigenvalue weighted by Gasteiger charge is -2.22. The van der Waals surface area contributed by atoms with Crippen molar-refractivity contribution in [3.05, 3.63) is 40.8 Å². The Morgan fingerprint density at radius 3 is 2.79 bits per heavy atom. The first-order chi connectivity index (χ1) is 9.12. The normalized spacial score (nSPS) is 10.9. The molecule has 4 nitrogen and oxygen atoms in total. The van der Waals surface area contributed by atoms with E-state index in [-0.39, 0.29) is 11.2 Å². The van der Waals surface area contributed by atoms with Crippen molar-refractivity contribution in [3.63, 3.8) is 0 Å². The first kappa shape index (κ1) is 15.5. The fourth-order valence-electron chi connectivity index (χ4n) is 2.01. The Bertz CT molecular complexity index is 466. The van der Waals surface area contributed by atoms with E-state index in [1.165, 1.54) is 12.3 Å². The molecule has 19 heavy (non-hydrogen) atoms. The zero-order valence-corrected chi connectivity index (χ0v) is 11.9. The number of nitrogens with zero attached hydrogens (tertiary/aromatic N) is 2. The lowest BCUT2D eigenvalue weighted by atomic mass is 10.2. The SMILES string of the molecule is C=CCn1cc(O)c(=O)cc1CN(CC)CCCC. The van der Waals surface area contributed by atoms with Crippen LogP contribution in [0.1, 0.15) is 32.4 Å². The quantitative estimate of drug-likeness (QED) is 0.733. The third-order valence-electron chi connectivity index (χ3n) is 3.18. The van der Waals surface area contributed by atoms with Crippen molar-refractivity contribution in [2.75, 3.05) is 13.1 Å².